The van der Waals surface area contributed by atoms with Crippen LogP contribution in [0.1, 0.15) is 40.7 Å². The first-order chi connectivity index (χ1) is 16.4. The summed E-state index contributed by atoms with van der Waals surface area (Å²) >= 11 is 0. The highest BCUT2D eigenvalue weighted by atomic mass is 16.5. The molecule has 0 atom stereocenters. The number of hydrogen-bond acceptors (Lipinski definition) is 6. The van der Waals surface area contributed by atoms with E-state index < -0.39 is 0 Å². The maximum Gasteiger partial charge on any atom is 0.265 e. The molecule has 3 rings (SSSR count). The summed E-state index contributed by atoms with van der Waals surface area (Å²) in [7, 11) is 1.62. The van der Waals surface area contributed by atoms with Crippen molar-refractivity contribution in [2.75, 3.05) is 44.9 Å². The zero-order chi connectivity index (χ0) is 24.5. The van der Waals surface area contributed by atoms with Crippen molar-refractivity contribution in [3.8, 4) is 11.5 Å². The molecule has 8 heteroatoms. The van der Waals surface area contributed by atoms with Gasteiger partial charge >= 0.3 is 0 Å². The van der Waals surface area contributed by atoms with Crippen LogP contribution in [-0.2, 0) is 14.3 Å². The van der Waals surface area contributed by atoms with Crippen LogP contribution < -0.4 is 19.7 Å². The number of carbonyl (C=O) groups excluding carboxylic acids is 3. The molecule has 0 aromatic heterocycles. The molecular formula is C26H32N2O6. The van der Waals surface area contributed by atoms with Gasteiger partial charge in [-0.15, -0.1) is 0 Å². The van der Waals surface area contributed by atoms with Gasteiger partial charge in [0.1, 0.15) is 11.5 Å². The Labute approximate surface area is 200 Å². The van der Waals surface area contributed by atoms with Crippen LogP contribution in [0.4, 0.5) is 5.69 Å². The maximum absolute atomic E-state index is 12.8. The Hall–Kier alpha value is -3.39. The van der Waals surface area contributed by atoms with Crippen molar-refractivity contribution < 1.29 is 28.6 Å². The van der Waals surface area contributed by atoms with Gasteiger partial charge in [0.15, 0.2) is 19.0 Å². The lowest BCUT2D eigenvalue weighted by atomic mass is 10.1. The number of nitrogens with zero attached hydrogens (tertiary/aromatic N) is 1. The molecule has 1 aliphatic heterocycles. The second kappa shape index (κ2) is 12.2. The Kier molecular flexibility index (Phi) is 9.04. The lowest BCUT2D eigenvalue weighted by Crippen LogP contribution is -2.40. The van der Waals surface area contributed by atoms with Crippen molar-refractivity contribution in [1.29, 1.82) is 0 Å². The molecule has 0 aliphatic carbocycles. The highest BCUT2D eigenvalue weighted by molar-refractivity contribution is 6.02. The van der Waals surface area contributed by atoms with Gasteiger partial charge in [-0.3, -0.25) is 14.4 Å². The van der Waals surface area contributed by atoms with Gasteiger partial charge in [0.05, 0.1) is 5.69 Å². The third-order valence-corrected chi connectivity index (χ3v) is 5.71. The van der Waals surface area contributed by atoms with Gasteiger partial charge in [-0.25, -0.2) is 0 Å². The minimum absolute atomic E-state index is 0.0653. The Morgan fingerprint density at radius 3 is 2.68 bits per heavy atom. The summed E-state index contributed by atoms with van der Waals surface area (Å²) in [6.07, 6.45) is 1.55. The fourth-order valence-electron chi connectivity index (χ4n) is 3.59. The molecule has 2 amide bonds. The molecule has 34 heavy (non-hydrogen) atoms. The second-order valence-electron chi connectivity index (χ2n) is 8.27. The molecule has 0 saturated heterocycles. The molecule has 0 saturated carbocycles. The van der Waals surface area contributed by atoms with Crippen LogP contribution in [0.5, 0.6) is 11.5 Å². The van der Waals surface area contributed by atoms with E-state index in [-0.39, 0.29) is 30.8 Å². The normalized spacial score (nSPS) is 12.7. The monoisotopic (exact) mass is 468 g/mol. The number of fused-ring (bicyclic) bond motifs is 1. The summed E-state index contributed by atoms with van der Waals surface area (Å²) in [6, 6.07) is 10.7. The largest absolute Gasteiger partial charge is 0.485 e. The first kappa shape index (κ1) is 25.2. The first-order valence-electron chi connectivity index (χ1n) is 11.4. The number of benzene rings is 2. The van der Waals surface area contributed by atoms with Gasteiger partial charge in [0, 0.05) is 38.8 Å². The fraction of sp³-hybridized carbons (Fsp3) is 0.423. The van der Waals surface area contributed by atoms with E-state index in [4.69, 9.17) is 14.2 Å². The number of rotatable bonds is 12. The molecule has 0 radical (unpaired) electrons. The van der Waals surface area contributed by atoms with Gasteiger partial charge in [-0.1, -0.05) is 6.07 Å². The van der Waals surface area contributed by atoms with Crippen LogP contribution >= 0.6 is 0 Å². The highest BCUT2D eigenvalue weighted by Gasteiger charge is 2.26. The summed E-state index contributed by atoms with van der Waals surface area (Å²) in [6.45, 7) is 5.33. The first-order valence-corrected chi connectivity index (χ1v) is 11.4. The average molecular weight is 469 g/mol. The number of ketones is 1. The quantitative estimate of drug-likeness (QED) is 0.380. The Morgan fingerprint density at radius 1 is 1.09 bits per heavy atom. The van der Waals surface area contributed by atoms with Gasteiger partial charge < -0.3 is 24.4 Å². The number of nitrogens with one attached hydrogen (secondary N) is 1. The van der Waals surface area contributed by atoms with E-state index in [1.165, 1.54) is 0 Å². The smallest absolute Gasteiger partial charge is 0.265 e. The Morgan fingerprint density at radius 2 is 1.91 bits per heavy atom. The number of anilines is 1. The van der Waals surface area contributed by atoms with Crippen molar-refractivity contribution in [2.24, 2.45) is 0 Å². The summed E-state index contributed by atoms with van der Waals surface area (Å²) in [5.41, 5.74) is 3.21. The van der Waals surface area contributed by atoms with Crippen molar-refractivity contribution in [3.05, 3.63) is 53.1 Å². The number of carbonyl (C=O) groups is 3. The van der Waals surface area contributed by atoms with Crippen LogP contribution in [0.15, 0.2) is 36.4 Å². The Balaban J connectivity index is 1.59. The van der Waals surface area contributed by atoms with Gasteiger partial charge in [0.25, 0.3) is 5.91 Å². The zero-order valence-electron chi connectivity index (χ0n) is 20.0. The molecule has 0 bridgehead atoms. The van der Waals surface area contributed by atoms with Crippen LogP contribution in [0.3, 0.4) is 0 Å². The summed E-state index contributed by atoms with van der Waals surface area (Å²) in [5, 5.41) is 2.84. The molecule has 182 valence electrons. The molecule has 8 nitrogen and oxygen atoms in total. The topological polar surface area (TPSA) is 94.2 Å². The molecule has 2 aromatic carbocycles. The molecule has 2 aromatic rings. The number of hydrogen-bond donors (Lipinski definition) is 1. The number of amides is 2. The minimum atomic E-state index is -0.205. The highest BCUT2D eigenvalue weighted by Crippen LogP contribution is 2.33. The molecule has 0 spiro atoms. The van der Waals surface area contributed by atoms with Crippen LogP contribution in [0, 0.1) is 13.8 Å². The molecule has 1 heterocycles. The van der Waals surface area contributed by atoms with Crippen molar-refractivity contribution in [1.82, 2.24) is 5.32 Å². The molecule has 0 unspecified atom stereocenters. The molecular weight excluding hydrogens is 436 g/mol. The summed E-state index contributed by atoms with van der Waals surface area (Å²) in [5.74, 6) is 0.702. The number of Topliss-reactive ketones (excluding diaryl/α,β-unsaturated/α-hetero) is 1. The average Bonchev–Trinajstić information content (AvgIpc) is 2.83. The minimum Gasteiger partial charge on any atom is -0.485 e. The lowest BCUT2D eigenvalue weighted by Gasteiger charge is -2.29. The van der Waals surface area contributed by atoms with Crippen molar-refractivity contribution in [2.45, 2.75) is 33.1 Å². The summed E-state index contributed by atoms with van der Waals surface area (Å²) in [4.78, 5) is 38.9. The van der Waals surface area contributed by atoms with E-state index in [9.17, 15) is 14.4 Å². The van der Waals surface area contributed by atoms with Crippen molar-refractivity contribution in [3.63, 3.8) is 0 Å². The predicted molar refractivity (Wildman–Crippen MR) is 129 cm³/mol. The van der Waals surface area contributed by atoms with Gasteiger partial charge in [0.2, 0.25) is 5.91 Å². The van der Waals surface area contributed by atoms with E-state index in [1.807, 2.05) is 32.0 Å². The van der Waals surface area contributed by atoms with Crippen LogP contribution in [0.2, 0.25) is 0 Å². The fourth-order valence-corrected chi connectivity index (χ4v) is 3.59. The van der Waals surface area contributed by atoms with Gasteiger partial charge in [-0.2, -0.15) is 0 Å². The third kappa shape index (κ3) is 6.81. The number of ether oxygens (including phenoxy) is 3. The van der Waals surface area contributed by atoms with E-state index in [0.29, 0.717) is 55.3 Å². The van der Waals surface area contributed by atoms with Crippen LogP contribution in [-0.4, -0.2) is 57.6 Å². The van der Waals surface area contributed by atoms with Gasteiger partial charge in [-0.05, 0) is 68.1 Å². The maximum atomic E-state index is 12.8. The Bertz CT molecular complexity index is 1040. The molecule has 1 aliphatic rings. The van der Waals surface area contributed by atoms with E-state index in [0.717, 1.165) is 17.5 Å². The third-order valence-electron chi connectivity index (χ3n) is 5.71. The lowest BCUT2D eigenvalue weighted by molar-refractivity contribution is -0.122. The van der Waals surface area contributed by atoms with Crippen molar-refractivity contribution >= 4 is 23.3 Å². The summed E-state index contributed by atoms with van der Waals surface area (Å²) < 4.78 is 16.2. The SMILES string of the molecule is COCCCNC(=O)CCCN1C(=O)COc2ccc(C(=O)COc3ccc(C)c(C)c3)cc21. The standard InChI is InChI=1S/C26H32N2O6/c1-18-7-9-21(14-19(18)2)33-16-23(29)20-8-10-24-22(15-20)28(26(31)17-34-24)12-4-6-25(30)27-11-5-13-32-3/h7-10,14-15H,4-6,11-13,16-17H2,1-3H3,(H,27,30). The number of aryl methyl sites for hydroxylation is 2. The van der Waals surface area contributed by atoms with E-state index >= 15 is 0 Å². The van der Waals surface area contributed by atoms with E-state index in [1.54, 1.807) is 30.2 Å². The van der Waals surface area contributed by atoms with Crippen LogP contribution in [0.25, 0.3) is 0 Å². The second-order valence-corrected chi connectivity index (χ2v) is 8.27. The molecule has 1 N–H and O–H groups in total. The van der Waals surface area contributed by atoms with E-state index in [2.05, 4.69) is 5.32 Å². The number of methoxy groups -OCH3 is 1. The molecule has 0 fully saturated rings. The predicted octanol–water partition coefficient (Wildman–Crippen LogP) is 3.22. The zero-order valence-corrected chi connectivity index (χ0v) is 20.0.